The van der Waals surface area contributed by atoms with Crippen LogP contribution in [0.25, 0.3) is 0 Å². The van der Waals surface area contributed by atoms with Gasteiger partial charge < -0.3 is 15.0 Å². The lowest BCUT2D eigenvalue weighted by Crippen LogP contribution is -2.45. The third-order valence-corrected chi connectivity index (χ3v) is 3.52. The van der Waals surface area contributed by atoms with Crippen molar-refractivity contribution in [2.45, 2.75) is 61.8 Å². The van der Waals surface area contributed by atoms with Crippen LogP contribution < -0.4 is 5.32 Å². The topological polar surface area (TPSA) is 36.9 Å². The van der Waals surface area contributed by atoms with E-state index >= 15 is 0 Å². The van der Waals surface area contributed by atoms with Crippen LogP contribution in [0.1, 0.15) is 60.5 Å². The zero-order valence-corrected chi connectivity index (χ0v) is 18.6. The number of amidine groups is 1. The Hall–Kier alpha value is -1.39. The smallest absolute Gasteiger partial charge is 0.102 e. The number of nitrogens with one attached hydrogen (secondary N) is 1. The van der Waals surface area contributed by atoms with Crippen molar-refractivity contribution in [1.82, 2.24) is 10.2 Å². The summed E-state index contributed by atoms with van der Waals surface area (Å²) in [6, 6.07) is 8.26. The van der Waals surface area contributed by atoms with Crippen molar-refractivity contribution < 1.29 is 4.74 Å². The Morgan fingerprint density at radius 1 is 1.08 bits per heavy atom. The van der Waals surface area contributed by atoms with Crippen molar-refractivity contribution >= 4 is 11.5 Å². The van der Waals surface area contributed by atoms with E-state index in [1.165, 1.54) is 5.56 Å². The molecule has 1 fully saturated rings. The molecule has 1 aliphatic rings. The van der Waals surface area contributed by atoms with E-state index in [4.69, 9.17) is 9.73 Å². The first-order chi connectivity index (χ1) is 12.7. The Labute approximate surface area is 163 Å². The molecule has 0 bridgehead atoms. The Kier molecular flexibility index (Phi) is 20.6. The molecule has 1 aromatic carbocycles. The summed E-state index contributed by atoms with van der Waals surface area (Å²) in [6.45, 7) is 22.3. The maximum atomic E-state index is 4.98. The van der Waals surface area contributed by atoms with Crippen molar-refractivity contribution in [2.24, 2.45) is 4.99 Å². The van der Waals surface area contributed by atoms with E-state index in [1.54, 1.807) is 0 Å². The number of nitrogens with zero attached hydrogens (tertiary/aromatic N) is 2. The predicted octanol–water partition coefficient (Wildman–Crippen LogP) is 5.44. The van der Waals surface area contributed by atoms with E-state index in [1.807, 2.05) is 40.7 Å². The van der Waals surface area contributed by atoms with Gasteiger partial charge in [-0.2, -0.15) is 0 Å². The summed E-state index contributed by atoms with van der Waals surface area (Å²) in [7, 11) is 0. The summed E-state index contributed by atoms with van der Waals surface area (Å²) in [5.74, 6) is 1.12. The number of rotatable bonds is 4. The SMILES string of the molecule is CC.CC.CC(=Nc1ccccc1C)N1CCNCC1.CCCOCC. The zero-order chi connectivity index (χ0) is 20.2. The van der Waals surface area contributed by atoms with Gasteiger partial charge in [-0.05, 0) is 38.8 Å². The fourth-order valence-electron chi connectivity index (χ4n) is 2.21. The second-order valence-electron chi connectivity index (χ2n) is 5.38. The van der Waals surface area contributed by atoms with Crippen LogP contribution in [-0.4, -0.2) is 50.1 Å². The molecule has 0 saturated carbocycles. The zero-order valence-electron chi connectivity index (χ0n) is 18.6. The van der Waals surface area contributed by atoms with Crippen molar-refractivity contribution in [3.63, 3.8) is 0 Å². The number of benzene rings is 1. The number of ether oxygens (including phenoxy) is 1. The van der Waals surface area contributed by atoms with Gasteiger partial charge in [-0.15, -0.1) is 0 Å². The molecule has 1 N–H and O–H groups in total. The largest absolute Gasteiger partial charge is 0.382 e. The fraction of sp³-hybridized carbons (Fsp3) is 0.682. The normalized spacial score (nSPS) is 13.4. The Bertz CT molecular complexity index is 437. The van der Waals surface area contributed by atoms with Gasteiger partial charge in [0, 0.05) is 39.4 Å². The molecule has 0 radical (unpaired) electrons. The van der Waals surface area contributed by atoms with E-state index in [-0.39, 0.29) is 0 Å². The van der Waals surface area contributed by atoms with Gasteiger partial charge in [-0.3, -0.25) is 0 Å². The number of hydrogen-bond acceptors (Lipinski definition) is 3. The molecular formula is C22H43N3O. The van der Waals surface area contributed by atoms with Crippen LogP contribution in [0.15, 0.2) is 29.3 Å². The third-order valence-electron chi connectivity index (χ3n) is 3.52. The van der Waals surface area contributed by atoms with E-state index in [9.17, 15) is 0 Å². The molecule has 0 aliphatic carbocycles. The number of para-hydroxylation sites is 1. The van der Waals surface area contributed by atoms with Crippen molar-refractivity contribution in [3.8, 4) is 0 Å². The summed E-state index contributed by atoms with van der Waals surface area (Å²) in [4.78, 5) is 7.03. The van der Waals surface area contributed by atoms with Gasteiger partial charge >= 0.3 is 0 Å². The van der Waals surface area contributed by atoms with E-state index < -0.39 is 0 Å². The molecule has 2 rings (SSSR count). The molecule has 26 heavy (non-hydrogen) atoms. The Morgan fingerprint density at radius 2 is 1.65 bits per heavy atom. The first kappa shape index (κ1) is 26.8. The van der Waals surface area contributed by atoms with Crippen molar-refractivity contribution in [3.05, 3.63) is 29.8 Å². The van der Waals surface area contributed by atoms with Crippen LogP contribution in [0, 0.1) is 6.92 Å². The summed E-state index contributed by atoms with van der Waals surface area (Å²) in [5.41, 5.74) is 2.32. The molecular weight excluding hydrogens is 322 g/mol. The van der Waals surface area contributed by atoms with Crippen LogP contribution in [-0.2, 0) is 4.74 Å². The van der Waals surface area contributed by atoms with Gasteiger partial charge in [0.1, 0.15) is 5.84 Å². The van der Waals surface area contributed by atoms with Crippen molar-refractivity contribution in [2.75, 3.05) is 39.4 Å². The molecule has 1 saturated heterocycles. The van der Waals surface area contributed by atoms with Crippen LogP contribution >= 0.6 is 0 Å². The first-order valence-corrected chi connectivity index (χ1v) is 10.3. The summed E-state index contributed by atoms with van der Waals surface area (Å²) < 4.78 is 4.98. The summed E-state index contributed by atoms with van der Waals surface area (Å²) in [6.07, 6.45) is 1.13. The van der Waals surface area contributed by atoms with Crippen LogP contribution in [0.2, 0.25) is 0 Å². The molecule has 1 aromatic rings. The average Bonchev–Trinajstić information content (AvgIpc) is 2.72. The molecule has 0 amide bonds. The highest BCUT2D eigenvalue weighted by Gasteiger charge is 2.10. The van der Waals surface area contributed by atoms with Crippen molar-refractivity contribution in [1.29, 1.82) is 0 Å². The van der Waals surface area contributed by atoms with Crippen LogP contribution in [0.3, 0.4) is 0 Å². The molecule has 4 nitrogen and oxygen atoms in total. The third kappa shape index (κ3) is 12.9. The summed E-state index contributed by atoms with van der Waals surface area (Å²) >= 11 is 0. The Morgan fingerprint density at radius 3 is 2.12 bits per heavy atom. The lowest BCUT2D eigenvalue weighted by atomic mass is 10.2. The predicted molar refractivity (Wildman–Crippen MR) is 118 cm³/mol. The van der Waals surface area contributed by atoms with E-state index in [0.29, 0.717) is 0 Å². The highest BCUT2D eigenvalue weighted by Crippen LogP contribution is 2.17. The fourth-order valence-corrected chi connectivity index (χ4v) is 2.21. The quantitative estimate of drug-likeness (QED) is 0.439. The minimum Gasteiger partial charge on any atom is -0.382 e. The van der Waals surface area contributed by atoms with E-state index in [0.717, 1.165) is 57.3 Å². The standard InChI is InChI=1S/C13H19N3.C5H12O.2C2H6/c1-11-5-3-4-6-13(11)15-12(2)16-9-7-14-8-10-16;1-3-5-6-4-2;2*1-2/h3-6,14H,7-10H2,1-2H3;3-5H2,1-2H3;2*1-2H3. The monoisotopic (exact) mass is 365 g/mol. The first-order valence-electron chi connectivity index (χ1n) is 10.3. The number of aryl methyl sites for hydroxylation is 1. The van der Waals surface area contributed by atoms with Gasteiger partial charge in [0.2, 0.25) is 0 Å². The molecule has 1 heterocycles. The van der Waals surface area contributed by atoms with E-state index in [2.05, 4.69) is 49.2 Å². The number of piperazine rings is 1. The van der Waals surface area contributed by atoms with Gasteiger partial charge in [0.25, 0.3) is 0 Å². The van der Waals surface area contributed by atoms with Gasteiger partial charge in [-0.1, -0.05) is 52.8 Å². The molecule has 4 heteroatoms. The molecule has 0 unspecified atom stereocenters. The molecule has 152 valence electrons. The minimum absolute atomic E-state index is 0.855. The highest BCUT2D eigenvalue weighted by molar-refractivity contribution is 5.83. The Balaban J connectivity index is 0. The molecule has 0 atom stereocenters. The van der Waals surface area contributed by atoms with Gasteiger partial charge in [0.05, 0.1) is 5.69 Å². The minimum atomic E-state index is 0.855. The summed E-state index contributed by atoms with van der Waals surface area (Å²) in [5, 5.41) is 3.35. The second-order valence-corrected chi connectivity index (χ2v) is 5.38. The lowest BCUT2D eigenvalue weighted by molar-refractivity contribution is 0.148. The average molecular weight is 366 g/mol. The maximum Gasteiger partial charge on any atom is 0.102 e. The lowest BCUT2D eigenvalue weighted by Gasteiger charge is -2.28. The maximum absolute atomic E-state index is 4.98. The van der Waals surface area contributed by atoms with Crippen LogP contribution in [0.5, 0.6) is 0 Å². The molecule has 0 aromatic heterocycles. The van der Waals surface area contributed by atoms with Gasteiger partial charge in [-0.25, -0.2) is 4.99 Å². The second kappa shape index (κ2) is 19.9. The van der Waals surface area contributed by atoms with Crippen LogP contribution in [0.4, 0.5) is 5.69 Å². The number of aliphatic imine (C=N–C) groups is 1. The van der Waals surface area contributed by atoms with Gasteiger partial charge in [0.15, 0.2) is 0 Å². The number of hydrogen-bond donors (Lipinski definition) is 1. The highest BCUT2D eigenvalue weighted by atomic mass is 16.5. The molecule has 1 aliphatic heterocycles. The molecule has 0 spiro atoms.